The van der Waals surface area contributed by atoms with Crippen LogP contribution in [0.25, 0.3) is 0 Å². The third-order valence-corrected chi connectivity index (χ3v) is 4.56. The molecule has 1 aromatic heterocycles. The highest BCUT2D eigenvalue weighted by atomic mass is 19.1. The van der Waals surface area contributed by atoms with Gasteiger partial charge in [0.25, 0.3) is 11.6 Å². The van der Waals surface area contributed by atoms with E-state index in [0.29, 0.717) is 11.3 Å². The second kappa shape index (κ2) is 7.07. The van der Waals surface area contributed by atoms with E-state index < -0.39 is 11.1 Å². The summed E-state index contributed by atoms with van der Waals surface area (Å²) in [5, 5.41) is 14.4. The zero-order chi connectivity index (χ0) is 19.7. The van der Waals surface area contributed by atoms with E-state index in [0.717, 1.165) is 5.56 Å². The number of pyridine rings is 1. The number of fused-ring (bicyclic) bond motifs is 1. The van der Waals surface area contributed by atoms with Crippen molar-refractivity contribution in [3.63, 3.8) is 0 Å². The van der Waals surface area contributed by atoms with Gasteiger partial charge in [-0.05, 0) is 35.9 Å². The molecule has 1 aliphatic rings. The molecular weight excluding hydrogens is 363 g/mol. The number of carbonyl (C=O) groups is 1. The maximum atomic E-state index is 13.2. The highest BCUT2D eigenvalue weighted by Gasteiger charge is 2.38. The van der Waals surface area contributed by atoms with Crippen LogP contribution in [0.4, 0.5) is 15.8 Å². The third kappa shape index (κ3) is 3.16. The van der Waals surface area contributed by atoms with Crippen LogP contribution in [-0.4, -0.2) is 20.7 Å². The SMILES string of the molecule is O=C1c2cccnc2[C@H](Nc2ccccc2[N+](=O)[O-])N1Cc1ccc(F)cc1. The zero-order valence-corrected chi connectivity index (χ0v) is 14.6. The molecule has 28 heavy (non-hydrogen) atoms. The predicted molar refractivity (Wildman–Crippen MR) is 100.0 cm³/mol. The summed E-state index contributed by atoms with van der Waals surface area (Å²) in [6.07, 6.45) is 0.886. The Morgan fingerprint density at radius 1 is 1.11 bits per heavy atom. The minimum absolute atomic E-state index is 0.0962. The summed E-state index contributed by atoms with van der Waals surface area (Å²) in [6.45, 7) is 0.202. The summed E-state index contributed by atoms with van der Waals surface area (Å²) < 4.78 is 13.2. The van der Waals surface area contributed by atoms with E-state index >= 15 is 0 Å². The van der Waals surface area contributed by atoms with E-state index in [4.69, 9.17) is 0 Å². The van der Waals surface area contributed by atoms with E-state index in [1.165, 1.54) is 23.1 Å². The van der Waals surface area contributed by atoms with Crippen molar-refractivity contribution in [1.82, 2.24) is 9.88 Å². The van der Waals surface area contributed by atoms with Crippen molar-refractivity contribution in [3.05, 3.63) is 99.6 Å². The van der Waals surface area contributed by atoms with Crippen molar-refractivity contribution in [1.29, 1.82) is 0 Å². The second-order valence-electron chi connectivity index (χ2n) is 6.32. The van der Waals surface area contributed by atoms with Gasteiger partial charge in [0.15, 0.2) is 0 Å². The predicted octanol–water partition coefficient (Wildman–Crippen LogP) is 3.90. The van der Waals surface area contributed by atoms with Crippen molar-refractivity contribution >= 4 is 17.3 Å². The van der Waals surface area contributed by atoms with Crippen LogP contribution in [0.15, 0.2) is 66.9 Å². The smallest absolute Gasteiger partial charge is 0.292 e. The fourth-order valence-corrected chi connectivity index (χ4v) is 3.23. The molecule has 0 spiro atoms. The number of nitro groups is 1. The normalized spacial score (nSPS) is 15.4. The Morgan fingerprint density at radius 2 is 1.86 bits per heavy atom. The molecule has 7 nitrogen and oxygen atoms in total. The van der Waals surface area contributed by atoms with Gasteiger partial charge in [0.1, 0.15) is 17.7 Å². The molecule has 3 aromatic rings. The number of nitrogens with zero attached hydrogens (tertiary/aromatic N) is 3. The van der Waals surface area contributed by atoms with Gasteiger partial charge in [0.2, 0.25) is 0 Å². The molecule has 140 valence electrons. The van der Waals surface area contributed by atoms with Crippen LogP contribution in [0.2, 0.25) is 0 Å². The fraction of sp³-hybridized carbons (Fsp3) is 0.100. The molecule has 1 amide bonds. The molecule has 2 heterocycles. The van der Waals surface area contributed by atoms with Crippen molar-refractivity contribution in [2.45, 2.75) is 12.7 Å². The van der Waals surface area contributed by atoms with Crippen LogP contribution >= 0.6 is 0 Å². The Labute approximate surface area is 159 Å². The van der Waals surface area contributed by atoms with Crippen molar-refractivity contribution in [2.75, 3.05) is 5.32 Å². The number of para-hydroxylation sites is 2. The number of amides is 1. The van der Waals surface area contributed by atoms with Crippen LogP contribution in [0.1, 0.15) is 27.8 Å². The highest BCUT2D eigenvalue weighted by molar-refractivity contribution is 5.99. The molecule has 0 bridgehead atoms. The van der Waals surface area contributed by atoms with E-state index in [2.05, 4.69) is 10.3 Å². The largest absolute Gasteiger partial charge is 0.354 e. The topological polar surface area (TPSA) is 88.4 Å². The molecule has 1 aliphatic heterocycles. The molecule has 0 fully saturated rings. The molecule has 4 rings (SSSR count). The van der Waals surface area contributed by atoms with Crippen molar-refractivity contribution in [3.8, 4) is 0 Å². The van der Waals surface area contributed by atoms with Crippen LogP contribution in [0.5, 0.6) is 0 Å². The van der Waals surface area contributed by atoms with Gasteiger partial charge >= 0.3 is 0 Å². The highest BCUT2D eigenvalue weighted by Crippen LogP contribution is 2.36. The molecule has 0 unspecified atom stereocenters. The summed E-state index contributed by atoms with van der Waals surface area (Å²) in [4.78, 5) is 29.6. The first-order chi connectivity index (χ1) is 13.5. The summed E-state index contributed by atoms with van der Waals surface area (Å²) in [5.41, 5.74) is 1.85. The lowest BCUT2D eigenvalue weighted by Gasteiger charge is -2.26. The lowest BCUT2D eigenvalue weighted by molar-refractivity contribution is -0.384. The van der Waals surface area contributed by atoms with Gasteiger partial charge in [-0.2, -0.15) is 0 Å². The molecule has 0 saturated carbocycles. The van der Waals surface area contributed by atoms with Crippen LogP contribution in [0, 0.1) is 15.9 Å². The number of nitrogens with one attached hydrogen (secondary N) is 1. The Kier molecular flexibility index (Phi) is 4.44. The molecule has 0 aliphatic carbocycles. The quantitative estimate of drug-likeness (QED) is 0.537. The lowest BCUT2D eigenvalue weighted by atomic mass is 10.2. The molecule has 1 N–H and O–H groups in total. The summed E-state index contributed by atoms with van der Waals surface area (Å²) >= 11 is 0. The number of carbonyl (C=O) groups excluding carboxylic acids is 1. The Bertz CT molecular complexity index is 1060. The molecule has 0 radical (unpaired) electrons. The summed E-state index contributed by atoms with van der Waals surface area (Å²) in [5.74, 6) is -0.612. The lowest BCUT2D eigenvalue weighted by Crippen LogP contribution is -2.32. The summed E-state index contributed by atoms with van der Waals surface area (Å²) in [6, 6.07) is 15.4. The number of aromatic nitrogens is 1. The minimum Gasteiger partial charge on any atom is -0.354 e. The van der Waals surface area contributed by atoms with Crippen LogP contribution in [0.3, 0.4) is 0 Å². The van der Waals surface area contributed by atoms with Gasteiger partial charge in [0, 0.05) is 18.8 Å². The monoisotopic (exact) mass is 378 g/mol. The van der Waals surface area contributed by atoms with Gasteiger partial charge in [-0.25, -0.2) is 4.39 Å². The van der Waals surface area contributed by atoms with E-state index in [1.54, 1.807) is 48.7 Å². The minimum atomic E-state index is -0.685. The average Bonchev–Trinajstić information content (AvgIpc) is 2.96. The van der Waals surface area contributed by atoms with Gasteiger partial charge < -0.3 is 10.2 Å². The first kappa shape index (κ1) is 17.6. The zero-order valence-electron chi connectivity index (χ0n) is 14.6. The maximum absolute atomic E-state index is 13.2. The van der Waals surface area contributed by atoms with E-state index in [-0.39, 0.29) is 29.6 Å². The number of rotatable bonds is 5. The molecule has 8 heteroatoms. The number of hydrogen-bond acceptors (Lipinski definition) is 5. The Morgan fingerprint density at radius 3 is 2.61 bits per heavy atom. The molecule has 2 aromatic carbocycles. The van der Waals surface area contributed by atoms with Crippen LogP contribution in [-0.2, 0) is 6.54 Å². The second-order valence-corrected chi connectivity index (χ2v) is 6.32. The average molecular weight is 378 g/mol. The van der Waals surface area contributed by atoms with E-state index in [9.17, 15) is 19.3 Å². The number of halogens is 1. The molecule has 1 atom stereocenters. The van der Waals surface area contributed by atoms with Crippen LogP contribution < -0.4 is 5.32 Å². The standard InChI is InChI=1S/C20H15FN4O3/c21-14-9-7-13(8-10-14)12-24-19(18-15(20(24)26)4-3-11-22-18)23-16-5-1-2-6-17(16)25(27)28/h1-11,19,23H,12H2/t19-/m1/s1. The van der Waals surface area contributed by atoms with E-state index in [1.807, 2.05) is 0 Å². The molecular formula is C20H15FN4O3. The first-order valence-electron chi connectivity index (χ1n) is 8.55. The Hall–Kier alpha value is -3.81. The van der Waals surface area contributed by atoms with Gasteiger partial charge in [0.05, 0.1) is 16.2 Å². The number of anilines is 1. The fourth-order valence-electron chi connectivity index (χ4n) is 3.23. The van der Waals surface area contributed by atoms with Crippen molar-refractivity contribution in [2.24, 2.45) is 0 Å². The first-order valence-corrected chi connectivity index (χ1v) is 8.55. The maximum Gasteiger partial charge on any atom is 0.292 e. The summed E-state index contributed by atoms with van der Waals surface area (Å²) in [7, 11) is 0. The number of nitro benzene ring substituents is 1. The number of hydrogen-bond donors (Lipinski definition) is 1. The number of benzene rings is 2. The van der Waals surface area contributed by atoms with Gasteiger partial charge in [-0.15, -0.1) is 0 Å². The Balaban J connectivity index is 1.72. The van der Waals surface area contributed by atoms with Crippen molar-refractivity contribution < 1.29 is 14.1 Å². The van der Waals surface area contributed by atoms with Gasteiger partial charge in [-0.1, -0.05) is 24.3 Å². The molecule has 0 saturated heterocycles. The third-order valence-electron chi connectivity index (χ3n) is 4.56. The van der Waals surface area contributed by atoms with Gasteiger partial charge in [-0.3, -0.25) is 19.9 Å².